The lowest BCUT2D eigenvalue weighted by molar-refractivity contribution is -0.135. The van der Waals surface area contributed by atoms with E-state index >= 15 is 0 Å². The van der Waals surface area contributed by atoms with Crippen LogP contribution in [-0.2, 0) is 6.54 Å². The Kier molecular flexibility index (Phi) is 10.6. The fraction of sp³-hybridized carbons (Fsp3) is 0.853. The van der Waals surface area contributed by atoms with Gasteiger partial charge < -0.3 is 0 Å². The van der Waals surface area contributed by atoms with Crippen molar-refractivity contribution < 1.29 is 0 Å². The zero-order valence-electron chi connectivity index (χ0n) is 25.0. The van der Waals surface area contributed by atoms with E-state index < -0.39 is 0 Å². The minimum Gasteiger partial charge on any atom is -0.271 e. The van der Waals surface area contributed by atoms with Crippen molar-refractivity contribution in [1.29, 1.82) is 0 Å². The highest BCUT2D eigenvalue weighted by Gasteiger charge is 2.57. The summed E-state index contributed by atoms with van der Waals surface area (Å²) in [4.78, 5) is 0. The molecular weight excluding hydrogens is 436 g/mol. The summed E-state index contributed by atoms with van der Waals surface area (Å²) >= 11 is 0. The van der Waals surface area contributed by atoms with Crippen LogP contribution in [0, 0.1) is 58.7 Å². The molecule has 0 bridgehead atoms. The van der Waals surface area contributed by atoms with Crippen LogP contribution in [0.1, 0.15) is 138 Å². The molecule has 4 aliphatic rings. The summed E-state index contributed by atoms with van der Waals surface area (Å²) < 4.78 is 2.09. The van der Waals surface area contributed by atoms with Gasteiger partial charge in [-0.15, -0.1) is 6.42 Å². The van der Waals surface area contributed by atoms with Crippen LogP contribution in [0.5, 0.6) is 0 Å². The molecular formula is C34H58N2. The molecule has 0 N–H and O–H groups in total. The summed E-state index contributed by atoms with van der Waals surface area (Å²) in [5.41, 5.74) is 2.11. The first-order chi connectivity index (χ1) is 17.5. The Morgan fingerprint density at radius 1 is 0.944 bits per heavy atom. The van der Waals surface area contributed by atoms with E-state index in [-0.39, 0.29) is 0 Å². The highest BCUT2D eigenvalue weighted by atomic mass is 15.3. The Labute approximate surface area is 224 Å². The van der Waals surface area contributed by atoms with Crippen LogP contribution >= 0.6 is 0 Å². The molecule has 4 fully saturated rings. The van der Waals surface area contributed by atoms with Crippen molar-refractivity contribution in [3.63, 3.8) is 0 Å². The molecule has 2 heteroatoms. The molecule has 5 rings (SSSR count). The van der Waals surface area contributed by atoms with Gasteiger partial charge in [0.2, 0.25) is 0 Å². The van der Waals surface area contributed by atoms with Crippen LogP contribution in [0.25, 0.3) is 0 Å². The molecule has 36 heavy (non-hydrogen) atoms. The average Bonchev–Trinajstić information content (AvgIpc) is 3.37. The molecule has 4 saturated carbocycles. The first kappa shape index (κ1) is 29.3. The number of rotatable bonds is 5. The smallest absolute Gasteiger partial charge is 0.0646 e. The zero-order valence-corrected chi connectivity index (χ0v) is 25.0. The third kappa shape index (κ3) is 5.76. The Morgan fingerprint density at radius 3 is 2.36 bits per heavy atom. The number of hydrogen-bond acceptors (Lipinski definition) is 1. The lowest BCUT2D eigenvalue weighted by Crippen LogP contribution is -2.55. The Morgan fingerprint density at radius 2 is 1.67 bits per heavy atom. The van der Waals surface area contributed by atoms with Crippen LogP contribution in [0.4, 0.5) is 0 Å². The molecule has 1 heterocycles. The number of hydrogen-bond donors (Lipinski definition) is 0. The molecule has 0 radical (unpaired) electrons. The molecule has 8 atom stereocenters. The maximum atomic E-state index is 5.55. The standard InChI is InChI=1S/C30H46N2.2C2H6/c1-5-8-23-11-12-27-25-14-17-30(4)24(15-18-32-21-22(6-2)20-31-32)9-7-10-28(30)26(25)13-16-29(27,3)19-23;2*1-2/h2,20-21,23-28H,5,7-19H2,1,3-4H3;2*1-2H3. The minimum atomic E-state index is 0.550. The van der Waals surface area contributed by atoms with Gasteiger partial charge >= 0.3 is 0 Å². The van der Waals surface area contributed by atoms with Crippen LogP contribution in [-0.4, -0.2) is 9.78 Å². The number of fused-ring (bicyclic) bond motifs is 5. The number of aryl methyl sites for hydroxylation is 1. The molecule has 4 aliphatic carbocycles. The van der Waals surface area contributed by atoms with Crippen molar-refractivity contribution in [1.82, 2.24) is 9.78 Å². The first-order valence-electron chi connectivity index (χ1n) is 16.0. The van der Waals surface area contributed by atoms with Gasteiger partial charge in [-0.3, -0.25) is 4.68 Å². The van der Waals surface area contributed by atoms with Crippen LogP contribution in [0.3, 0.4) is 0 Å². The topological polar surface area (TPSA) is 17.8 Å². The van der Waals surface area contributed by atoms with Crippen molar-refractivity contribution in [2.45, 2.75) is 138 Å². The molecule has 8 unspecified atom stereocenters. The number of nitrogens with zero attached hydrogens (tertiary/aromatic N) is 2. The van der Waals surface area contributed by atoms with Gasteiger partial charge in [-0.25, -0.2) is 0 Å². The largest absolute Gasteiger partial charge is 0.271 e. The first-order valence-corrected chi connectivity index (χ1v) is 16.0. The van der Waals surface area contributed by atoms with Crippen molar-refractivity contribution >= 4 is 0 Å². The van der Waals surface area contributed by atoms with Gasteiger partial charge in [-0.05, 0) is 104 Å². The van der Waals surface area contributed by atoms with Gasteiger partial charge in [0.25, 0.3) is 0 Å². The molecule has 0 saturated heterocycles. The van der Waals surface area contributed by atoms with Crippen molar-refractivity contribution in [3.05, 3.63) is 18.0 Å². The van der Waals surface area contributed by atoms with E-state index in [2.05, 4.69) is 42.7 Å². The van der Waals surface area contributed by atoms with Crippen molar-refractivity contribution in [2.24, 2.45) is 46.3 Å². The summed E-state index contributed by atoms with van der Waals surface area (Å²) in [6.45, 7) is 16.8. The second kappa shape index (κ2) is 13.0. The normalized spacial score (nSPS) is 39.1. The fourth-order valence-electron chi connectivity index (χ4n) is 9.71. The summed E-state index contributed by atoms with van der Waals surface area (Å²) in [5, 5.41) is 4.51. The van der Waals surface area contributed by atoms with Crippen molar-refractivity contribution in [3.8, 4) is 12.3 Å². The quantitative estimate of drug-likeness (QED) is 0.372. The lowest BCUT2D eigenvalue weighted by Gasteiger charge is -2.63. The monoisotopic (exact) mass is 494 g/mol. The van der Waals surface area contributed by atoms with E-state index in [4.69, 9.17) is 6.42 Å². The summed E-state index contributed by atoms with van der Waals surface area (Å²) in [5.74, 6) is 8.62. The molecule has 0 aromatic carbocycles. The molecule has 2 nitrogen and oxygen atoms in total. The predicted molar refractivity (Wildman–Crippen MR) is 156 cm³/mol. The number of aromatic nitrogens is 2. The molecule has 0 spiro atoms. The predicted octanol–water partition coefficient (Wildman–Crippen LogP) is 9.77. The van der Waals surface area contributed by atoms with E-state index in [0.29, 0.717) is 10.8 Å². The molecule has 1 aromatic heterocycles. The third-order valence-electron chi connectivity index (χ3n) is 11.2. The highest BCUT2D eigenvalue weighted by molar-refractivity contribution is 5.26. The van der Waals surface area contributed by atoms with E-state index in [1.165, 1.54) is 83.5 Å². The van der Waals surface area contributed by atoms with E-state index in [1.54, 1.807) is 0 Å². The zero-order chi connectivity index (χ0) is 26.3. The second-order valence-corrected chi connectivity index (χ2v) is 12.8. The van der Waals surface area contributed by atoms with Gasteiger partial charge in [-0.1, -0.05) is 80.1 Å². The van der Waals surface area contributed by atoms with Gasteiger partial charge in [-0.2, -0.15) is 5.10 Å². The average molecular weight is 495 g/mol. The van der Waals surface area contributed by atoms with Crippen LogP contribution in [0.2, 0.25) is 0 Å². The summed E-state index contributed by atoms with van der Waals surface area (Å²) in [6, 6.07) is 0. The molecule has 204 valence electrons. The Balaban J connectivity index is 0.000000861. The van der Waals surface area contributed by atoms with Gasteiger partial charge in [0.15, 0.2) is 0 Å². The van der Waals surface area contributed by atoms with E-state index in [9.17, 15) is 0 Å². The maximum absolute atomic E-state index is 5.55. The maximum Gasteiger partial charge on any atom is 0.0646 e. The highest BCUT2D eigenvalue weighted by Crippen LogP contribution is 2.66. The fourth-order valence-corrected chi connectivity index (χ4v) is 9.71. The number of terminal acetylenes is 1. The lowest BCUT2D eigenvalue weighted by atomic mass is 9.42. The SMILES string of the molecule is C#Cc1cnn(CCC2CCCC3C4CCC5(C)CC(CCC)CCC5C4CCC23C)c1.CC.CC. The van der Waals surface area contributed by atoms with Gasteiger partial charge in [0, 0.05) is 12.7 Å². The molecule has 1 aromatic rings. The molecule has 0 amide bonds. The van der Waals surface area contributed by atoms with Crippen LogP contribution in [0.15, 0.2) is 12.4 Å². The van der Waals surface area contributed by atoms with Gasteiger partial charge in [0.1, 0.15) is 0 Å². The molecule has 0 aliphatic heterocycles. The third-order valence-corrected chi connectivity index (χ3v) is 11.2. The van der Waals surface area contributed by atoms with Crippen molar-refractivity contribution in [2.75, 3.05) is 0 Å². The van der Waals surface area contributed by atoms with Gasteiger partial charge in [0.05, 0.1) is 11.8 Å². The summed E-state index contributed by atoms with van der Waals surface area (Å²) in [6.07, 6.45) is 28.5. The second-order valence-electron chi connectivity index (χ2n) is 12.8. The van der Waals surface area contributed by atoms with E-state index in [0.717, 1.165) is 47.6 Å². The summed E-state index contributed by atoms with van der Waals surface area (Å²) in [7, 11) is 0. The Bertz CT molecular complexity index is 832. The minimum absolute atomic E-state index is 0.550. The van der Waals surface area contributed by atoms with Crippen LogP contribution < -0.4 is 0 Å². The Hall–Kier alpha value is -1.23. The van der Waals surface area contributed by atoms with E-state index in [1.807, 2.05) is 33.9 Å².